The minimum atomic E-state index is -3.59. The molecule has 2 rings (SSSR count). The monoisotopic (exact) mass is 287 g/mol. The van der Waals surface area contributed by atoms with Gasteiger partial charge in [0.05, 0.1) is 11.0 Å². The van der Waals surface area contributed by atoms with Gasteiger partial charge < -0.3 is 5.11 Å². The fraction of sp³-hybridized carbons (Fsp3) is 0.538. The predicted molar refractivity (Wildman–Crippen MR) is 69.6 cm³/mol. The van der Waals surface area contributed by atoms with Gasteiger partial charge in [-0.2, -0.15) is 4.31 Å². The van der Waals surface area contributed by atoms with Crippen molar-refractivity contribution in [2.75, 3.05) is 13.1 Å². The molecule has 4 nitrogen and oxygen atoms in total. The first kappa shape index (κ1) is 14.4. The Hall–Kier alpha value is -0.980. The summed E-state index contributed by atoms with van der Waals surface area (Å²) in [6.45, 7) is 2.55. The number of aliphatic hydroxyl groups excluding tert-OH is 1. The number of nitrogens with zero attached hydrogens (tertiary/aromatic N) is 1. The zero-order chi connectivity index (χ0) is 14.0. The van der Waals surface area contributed by atoms with Crippen molar-refractivity contribution in [3.05, 3.63) is 30.1 Å². The third-order valence-electron chi connectivity index (χ3n) is 3.63. The van der Waals surface area contributed by atoms with Crippen molar-refractivity contribution < 1.29 is 17.9 Å². The molecule has 2 atom stereocenters. The number of piperidine rings is 1. The van der Waals surface area contributed by atoms with Crippen LogP contribution in [0.4, 0.5) is 4.39 Å². The van der Waals surface area contributed by atoms with Crippen LogP contribution in [0, 0.1) is 11.7 Å². The lowest BCUT2D eigenvalue weighted by Crippen LogP contribution is -2.45. The Bertz CT molecular complexity index is 529. The first-order valence-corrected chi connectivity index (χ1v) is 7.83. The molecule has 106 valence electrons. The van der Waals surface area contributed by atoms with Crippen molar-refractivity contribution in [3.63, 3.8) is 0 Å². The van der Waals surface area contributed by atoms with E-state index in [1.165, 1.54) is 16.4 Å². The van der Waals surface area contributed by atoms with Crippen LogP contribution in [0.25, 0.3) is 0 Å². The summed E-state index contributed by atoms with van der Waals surface area (Å²) in [7, 11) is -3.59. The molecule has 1 fully saturated rings. The van der Waals surface area contributed by atoms with Gasteiger partial charge in [-0.1, -0.05) is 6.92 Å². The highest BCUT2D eigenvalue weighted by Gasteiger charge is 2.33. The first-order valence-electron chi connectivity index (χ1n) is 6.39. The van der Waals surface area contributed by atoms with E-state index in [4.69, 9.17) is 0 Å². The molecule has 1 saturated heterocycles. The summed E-state index contributed by atoms with van der Waals surface area (Å²) in [6.07, 6.45) is 0.736. The highest BCUT2D eigenvalue weighted by atomic mass is 32.2. The van der Waals surface area contributed by atoms with Gasteiger partial charge in [-0.05, 0) is 43.0 Å². The van der Waals surface area contributed by atoms with E-state index >= 15 is 0 Å². The molecule has 1 aliphatic heterocycles. The van der Waals surface area contributed by atoms with Crippen molar-refractivity contribution in [1.82, 2.24) is 4.31 Å². The van der Waals surface area contributed by atoms with Crippen LogP contribution in [-0.4, -0.2) is 37.0 Å². The Morgan fingerprint density at radius 2 is 2.00 bits per heavy atom. The lowest BCUT2D eigenvalue weighted by molar-refractivity contribution is 0.0521. The maximum Gasteiger partial charge on any atom is 0.243 e. The summed E-state index contributed by atoms with van der Waals surface area (Å²) >= 11 is 0. The number of rotatable bonds is 3. The summed E-state index contributed by atoms with van der Waals surface area (Å²) in [5, 5.41) is 9.79. The van der Waals surface area contributed by atoms with Crippen molar-refractivity contribution >= 4 is 10.0 Å². The van der Waals surface area contributed by atoms with Crippen LogP contribution in [0.15, 0.2) is 29.2 Å². The molecule has 19 heavy (non-hydrogen) atoms. The second kappa shape index (κ2) is 5.56. The molecule has 0 radical (unpaired) electrons. The van der Waals surface area contributed by atoms with Crippen molar-refractivity contribution in [2.24, 2.45) is 5.92 Å². The number of hydrogen-bond donors (Lipinski definition) is 1. The lowest BCUT2D eigenvalue weighted by Gasteiger charge is -2.34. The van der Waals surface area contributed by atoms with Gasteiger partial charge >= 0.3 is 0 Å². The molecular formula is C13H18FNO3S. The number of hydrogen-bond acceptors (Lipinski definition) is 3. The second-order valence-corrected chi connectivity index (χ2v) is 6.78. The van der Waals surface area contributed by atoms with Gasteiger partial charge in [0.25, 0.3) is 0 Å². The van der Waals surface area contributed by atoms with E-state index in [9.17, 15) is 17.9 Å². The molecule has 6 heteroatoms. The summed E-state index contributed by atoms with van der Waals surface area (Å²) in [5.41, 5.74) is 0. The first-order chi connectivity index (χ1) is 8.95. The molecule has 1 aromatic rings. The van der Waals surface area contributed by atoms with Crippen LogP contribution in [0.3, 0.4) is 0 Å². The van der Waals surface area contributed by atoms with Crippen molar-refractivity contribution in [1.29, 1.82) is 0 Å². The SMILES string of the molecule is CCC1CN(S(=O)(=O)c2ccc(F)cc2)CCC1O. The highest BCUT2D eigenvalue weighted by Crippen LogP contribution is 2.25. The molecule has 0 bridgehead atoms. The maximum absolute atomic E-state index is 12.8. The Labute approximate surface area is 112 Å². The van der Waals surface area contributed by atoms with E-state index in [1.54, 1.807) is 0 Å². The summed E-state index contributed by atoms with van der Waals surface area (Å²) < 4.78 is 39.0. The molecule has 0 spiro atoms. The molecular weight excluding hydrogens is 269 g/mol. The van der Waals surface area contributed by atoms with Gasteiger partial charge in [0, 0.05) is 13.1 Å². The van der Waals surface area contributed by atoms with Gasteiger partial charge in [0.2, 0.25) is 10.0 Å². The normalized spacial score (nSPS) is 25.4. The average Bonchev–Trinajstić information content (AvgIpc) is 2.39. The van der Waals surface area contributed by atoms with Gasteiger partial charge in [0.1, 0.15) is 5.82 Å². The van der Waals surface area contributed by atoms with Crippen LogP contribution in [0.1, 0.15) is 19.8 Å². The summed E-state index contributed by atoms with van der Waals surface area (Å²) in [5.74, 6) is -0.497. The van der Waals surface area contributed by atoms with E-state index in [2.05, 4.69) is 0 Å². The van der Waals surface area contributed by atoms with Gasteiger partial charge in [-0.3, -0.25) is 0 Å². The Morgan fingerprint density at radius 3 is 2.58 bits per heavy atom. The largest absolute Gasteiger partial charge is 0.393 e. The molecule has 0 amide bonds. The number of sulfonamides is 1. The third kappa shape index (κ3) is 2.96. The van der Waals surface area contributed by atoms with Crippen molar-refractivity contribution in [2.45, 2.75) is 30.8 Å². The minimum Gasteiger partial charge on any atom is -0.393 e. The molecule has 0 aliphatic carbocycles. The number of benzene rings is 1. The molecule has 0 saturated carbocycles. The van der Waals surface area contributed by atoms with Crippen LogP contribution in [0.2, 0.25) is 0 Å². The maximum atomic E-state index is 12.8. The van der Waals surface area contributed by atoms with Gasteiger partial charge in [-0.15, -0.1) is 0 Å². The highest BCUT2D eigenvalue weighted by molar-refractivity contribution is 7.89. The summed E-state index contributed by atoms with van der Waals surface area (Å²) in [6, 6.07) is 4.83. The molecule has 1 aliphatic rings. The zero-order valence-corrected chi connectivity index (χ0v) is 11.6. The van der Waals surface area contributed by atoms with Crippen LogP contribution in [0.5, 0.6) is 0 Å². The van der Waals surface area contributed by atoms with Crippen LogP contribution < -0.4 is 0 Å². The van der Waals surface area contributed by atoms with Crippen molar-refractivity contribution in [3.8, 4) is 0 Å². The fourth-order valence-electron chi connectivity index (χ4n) is 2.36. The summed E-state index contributed by atoms with van der Waals surface area (Å²) in [4.78, 5) is 0.0974. The average molecular weight is 287 g/mol. The Morgan fingerprint density at radius 1 is 1.37 bits per heavy atom. The minimum absolute atomic E-state index is 0.0380. The topological polar surface area (TPSA) is 57.6 Å². The Kier molecular flexibility index (Phi) is 4.23. The molecule has 0 aromatic heterocycles. The van der Waals surface area contributed by atoms with E-state index in [-0.39, 0.29) is 10.8 Å². The molecule has 1 aromatic carbocycles. The molecule has 2 unspecified atom stereocenters. The molecule has 1 N–H and O–H groups in total. The standard InChI is InChI=1S/C13H18FNO3S/c1-2-10-9-15(8-7-13(10)16)19(17,18)12-5-3-11(14)4-6-12/h3-6,10,13,16H,2,7-9H2,1H3. The smallest absolute Gasteiger partial charge is 0.243 e. The van der Waals surface area contributed by atoms with E-state index in [0.717, 1.165) is 18.6 Å². The van der Waals surface area contributed by atoms with Crippen LogP contribution in [-0.2, 0) is 10.0 Å². The third-order valence-corrected chi connectivity index (χ3v) is 5.51. The predicted octanol–water partition coefficient (Wildman–Crippen LogP) is 1.61. The zero-order valence-electron chi connectivity index (χ0n) is 10.8. The van der Waals surface area contributed by atoms with Gasteiger partial charge in [0.15, 0.2) is 0 Å². The van der Waals surface area contributed by atoms with E-state index in [1.807, 2.05) is 6.92 Å². The molecule has 1 heterocycles. The number of aliphatic hydroxyl groups is 1. The number of halogens is 1. The van der Waals surface area contributed by atoms with E-state index < -0.39 is 21.9 Å². The Balaban J connectivity index is 2.23. The fourth-order valence-corrected chi connectivity index (χ4v) is 3.87. The quantitative estimate of drug-likeness (QED) is 0.919. The second-order valence-electron chi connectivity index (χ2n) is 4.84. The van der Waals surface area contributed by atoms with E-state index in [0.29, 0.717) is 19.5 Å². The van der Waals surface area contributed by atoms with Gasteiger partial charge in [-0.25, -0.2) is 12.8 Å². The van der Waals surface area contributed by atoms with Crippen LogP contribution >= 0.6 is 0 Å². The lowest BCUT2D eigenvalue weighted by atomic mass is 9.94.